The summed E-state index contributed by atoms with van der Waals surface area (Å²) in [5, 5.41) is 1.42. The Morgan fingerprint density at radius 1 is 1.32 bits per heavy atom. The highest BCUT2D eigenvalue weighted by atomic mass is 79.9. The highest BCUT2D eigenvalue weighted by Crippen LogP contribution is 2.31. The maximum Gasteiger partial charge on any atom is 0.243 e. The molecule has 1 aliphatic heterocycles. The SMILES string of the molecule is O=S(=O)(c1ccc(Cl)c(Cl)c1)N1CCCC1CCBr. The fraction of sp³-hybridized carbons (Fsp3) is 0.500. The van der Waals surface area contributed by atoms with Crippen molar-refractivity contribution in [3.05, 3.63) is 28.2 Å². The summed E-state index contributed by atoms with van der Waals surface area (Å²) in [6, 6.07) is 4.51. The van der Waals surface area contributed by atoms with Crippen LogP contribution >= 0.6 is 39.1 Å². The van der Waals surface area contributed by atoms with Crippen LogP contribution < -0.4 is 0 Å². The van der Waals surface area contributed by atoms with Gasteiger partial charge in [0.2, 0.25) is 10.0 Å². The Bertz CT molecular complexity index is 565. The minimum Gasteiger partial charge on any atom is -0.207 e. The molecule has 0 aromatic heterocycles. The molecule has 1 aliphatic rings. The molecule has 1 heterocycles. The molecule has 1 fully saturated rings. The van der Waals surface area contributed by atoms with Gasteiger partial charge < -0.3 is 0 Å². The van der Waals surface area contributed by atoms with Crippen molar-refractivity contribution in [1.82, 2.24) is 4.31 Å². The molecule has 0 spiro atoms. The maximum absolute atomic E-state index is 12.6. The molecule has 0 aliphatic carbocycles. The van der Waals surface area contributed by atoms with E-state index < -0.39 is 10.0 Å². The summed E-state index contributed by atoms with van der Waals surface area (Å²) in [4.78, 5) is 0.211. The van der Waals surface area contributed by atoms with E-state index in [1.807, 2.05) is 0 Å². The van der Waals surface area contributed by atoms with E-state index in [-0.39, 0.29) is 16.0 Å². The van der Waals surface area contributed by atoms with Crippen LogP contribution in [0, 0.1) is 0 Å². The van der Waals surface area contributed by atoms with E-state index >= 15 is 0 Å². The van der Waals surface area contributed by atoms with Gasteiger partial charge in [-0.05, 0) is 37.5 Å². The number of benzene rings is 1. The zero-order valence-electron chi connectivity index (χ0n) is 10.2. The van der Waals surface area contributed by atoms with Gasteiger partial charge in [0.05, 0.1) is 14.9 Å². The van der Waals surface area contributed by atoms with E-state index in [1.54, 1.807) is 4.31 Å². The van der Waals surface area contributed by atoms with E-state index in [0.29, 0.717) is 11.6 Å². The lowest BCUT2D eigenvalue weighted by Crippen LogP contribution is -2.35. The molecule has 0 amide bonds. The molecule has 1 saturated heterocycles. The number of nitrogens with zero attached hydrogens (tertiary/aromatic N) is 1. The lowest BCUT2D eigenvalue weighted by atomic mass is 10.2. The van der Waals surface area contributed by atoms with Gasteiger partial charge in [-0.15, -0.1) is 0 Å². The maximum atomic E-state index is 12.6. The third-order valence-corrected chi connectivity index (χ3v) is 6.41. The number of hydrogen-bond donors (Lipinski definition) is 0. The molecule has 3 nitrogen and oxygen atoms in total. The minimum atomic E-state index is -3.48. The summed E-state index contributed by atoms with van der Waals surface area (Å²) in [6.07, 6.45) is 2.63. The lowest BCUT2D eigenvalue weighted by molar-refractivity contribution is 0.382. The highest BCUT2D eigenvalue weighted by molar-refractivity contribution is 9.09. The Kier molecular flexibility index (Phi) is 5.17. The first kappa shape index (κ1) is 15.6. The third kappa shape index (κ3) is 3.27. The van der Waals surface area contributed by atoms with Crippen molar-refractivity contribution >= 4 is 49.2 Å². The number of sulfonamides is 1. The smallest absolute Gasteiger partial charge is 0.207 e. The molecular formula is C12H14BrCl2NO2S. The molecule has 0 bridgehead atoms. The van der Waals surface area contributed by atoms with E-state index in [9.17, 15) is 8.42 Å². The van der Waals surface area contributed by atoms with Gasteiger partial charge >= 0.3 is 0 Å². The van der Waals surface area contributed by atoms with Gasteiger partial charge in [0, 0.05) is 17.9 Å². The van der Waals surface area contributed by atoms with Crippen molar-refractivity contribution < 1.29 is 8.42 Å². The quantitative estimate of drug-likeness (QED) is 0.735. The topological polar surface area (TPSA) is 37.4 Å². The van der Waals surface area contributed by atoms with Gasteiger partial charge in [0.1, 0.15) is 0 Å². The predicted octanol–water partition coefficient (Wildman–Crippen LogP) is 3.93. The van der Waals surface area contributed by atoms with Gasteiger partial charge in [0.15, 0.2) is 0 Å². The fourth-order valence-electron chi connectivity index (χ4n) is 2.31. The summed E-state index contributed by atoms with van der Waals surface area (Å²) in [6.45, 7) is 0.570. The molecule has 0 radical (unpaired) electrons. The summed E-state index contributed by atoms with van der Waals surface area (Å²) in [7, 11) is -3.48. The number of alkyl halides is 1. The van der Waals surface area contributed by atoms with Crippen LogP contribution in [0.15, 0.2) is 23.1 Å². The zero-order chi connectivity index (χ0) is 14.0. The molecule has 7 heteroatoms. The van der Waals surface area contributed by atoms with Crippen molar-refractivity contribution in [2.75, 3.05) is 11.9 Å². The Hall–Kier alpha value is 0.190. The van der Waals surface area contributed by atoms with E-state index in [1.165, 1.54) is 18.2 Å². The zero-order valence-corrected chi connectivity index (χ0v) is 14.1. The molecule has 1 aromatic rings. The molecule has 0 N–H and O–H groups in total. The van der Waals surface area contributed by atoms with Gasteiger partial charge in [-0.25, -0.2) is 8.42 Å². The van der Waals surface area contributed by atoms with Crippen molar-refractivity contribution in [2.24, 2.45) is 0 Å². The first-order valence-corrected chi connectivity index (χ1v) is 9.31. The largest absolute Gasteiger partial charge is 0.243 e. The predicted molar refractivity (Wildman–Crippen MR) is 81.8 cm³/mol. The fourth-order valence-corrected chi connectivity index (χ4v) is 4.95. The Labute approximate surface area is 132 Å². The van der Waals surface area contributed by atoms with Gasteiger partial charge in [0.25, 0.3) is 0 Å². The Morgan fingerprint density at radius 3 is 2.68 bits per heavy atom. The van der Waals surface area contributed by atoms with Crippen LogP contribution in [0.4, 0.5) is 0 Å². The summed E-state index contributed by atoms with van der Waals surface area (Å²) in [5.41, 5.74) is 0. The van der Waals surface area contributed by atoms with Crippen LogP contribution in [0.3, 0.4) is 0 Å². The van der Waals surface area contributed by atoms with E-state index in [4.69, 9.17) is 23.2 Å². The first-order valence-electron chi connectivity index (χ1n) is 5.99. The van der Waals surface area contributed by atoms with Crippen LogP contribution in [0.2, 0.25) is 10.0 Å². The molecule has 19 heavy (non-hydrogen) atoms. The summed E-state index contributed by atoms with van der Waals surface area (Å²) < 4.78 is 26.8. The van der Waals surface area contributed by atoms with Crippen molar-refractivity contribution in [1.29, 1.82) is 0 Å². The van der Waals surface area contributed by atoms with E-state index in [2.05, 4.69) is 15.9 Å². The van der Waals surface area contributed by atoms with Crippen molar-refractivity contribution in [2.45, 2.75) is 30.2 Å². The summed E-state index contributed by atoms with van der Waals surface area (Å²) in [5.74, 6) is 0. The van der Waals surface area contributed by atoms with Crippen molar-refractivity contribution in [3.8, 4) is 0 Å². The molecular weight excluding hydrogens is 373 g/mol. The monoisotopic (exact) mass is 385 g/mol. The molecule has 1 unspecified atom stereocenters. The second-order valence-corrected chi connectivity index (χ2v) is 7.96. The molecule has 1 aromatic carbocycles. The third-order valence-electron chi connectivity index (χ3n) is 3.26. The van der Waals surface area contributed by atoms with E-state index in [0.717, 1.165) is 24.6 Å². The molecule has 1 atom stereocenters. The average Bonchev–Trinajstić information content (AvgIpc) is 2.82. The molecule has 2 rings (SSSR count). The molecule has 0 saturated carbocycles. The minimum absolute atomic E-state index is 0.0684. The Morgan fingerprint density at radius 2 is 2.05 bits per heavy atom. The summed E-state index contributed by atoms with van der Waals surface area (Å²) >= 11 is 15.1. The Balaban J connectivity index is 2.33. The van der Waals surface area contributed by atoms with Gasteiger partial charge in [-0.1, -0.05) is 39.1 Å². The van der Waals surface area contributed by atoms with Crippen LogP contribution in [0.1, 0.15) is 19.3 Å². The molecule has 106 valence electrons. The second-order valence-electron chi connectivity index (χ2n) is 4.47. The highest BCUT2D eigenvalue weighted by Gasteiger charge is 2.34. The first-order chi connectivity index (χ1) is 8.96. The van der Waals surface area contributed by atoms with Crippen LogP contribution in [0.25, 0.3) is 0 Å². The lowest BCUT2D eigenvalue weighted by Gasteiger charge is -2.23. The van der Waals surface area contributed by atoms with Crippen LogP contribution in [-0.4, -0.2) is 30.6 Å². The van der Waals surface area contributed by atoms with Crippen LogP contribution in [0.5, 0.6) is 0 Å². The van der Waals surface area contributed by atoms with Gasteiger partial charge in [-0.2, -0.15) is 4.31 Å². The normalized spacial score (nSPS) is 20.9. The van der Waals surface area contributed by atoms with Gasteiger partial charge in [-0.3, -0.25) is 0 Å². The van der Waals surface area contributed by atoms with Crippen LogP contribution in [-0.2, 0) is 10.0 Å². The number of hydrogen-bond acceptors (Lipinski definition) is 2. The number of rotatable bonds is 4. The number of halogens is 3. The second kappa shape index (κ2) is 6.31. The van der Waals surface area contributed by atoms with Crippen molar-refractivity contribution in [3.63, 3.8) is 0 Å². The average molecular weight is 387 g/mol. The standard InChI is InChI=1S/C12H14BrCl2NO2S/c13-6-5-9-2-1-7-16(9)19(17,18)10-3-4-11(14)12(15)8-10/h3-4,8-9H,1-2,5-7H2.